The summed E-state index contributed by atoms with van der Waals surface area (Å²) in [7, 11) is 2.88. The molecule has 0 fully saturated rings. The maximum Gasteiger partial charge on any atom is 0.332 e. The van der Waals surface area contributed by atoms with E-state index in [9.17, 15) is 14.9 Å². The average Bonchev–Trinajstić information content (AvgIpc) is 2.51. The fourth-order valence-electron chi connectivity index (χ4n) is 2.18. The van der Waals surface area contributed by atoms with Crippen molar-refractivity contribution in [1.29, 1.82) is 5.26 Å². The van der Waals surface area contributed by atoms with Gasteiger partial charge in [-0.1, -0.05) is 26.0 Å². The summed E-state index contributed by atoms with van der Waals surface area (Å²) in [4.78, 5) is 24.0. The van der Waals surface area contributed by atoms with Gasteiger partial charge in [0.2, 0.25) is 0 Å². The van der Waals surface area contributed by atoms with E-state index in [2.05, 4.69) is 19.2 Å². The van der Waals surface area contributed by atoms with Crippen LogP contribution in [0.4, 0.5) is 11.5 Å². The van der Waals surface area contributed by atoms with Crippen molar-refractivity contribution in [1.82, 2.24) is 9.13 Å². The molecule has 0 saturated carbocycles. The van der Waals surface area contributed by atoms with Gasteiger partial charge < -0.3 is 5.32 Å². The van der Waals surface area contributed by atoms with Crippen molar-refractivity contribution < 1.29 is 0 Å². The third kappa shape index (κ3) is 2.66. The fourth-order valence-corrected chi connectivity index (χ4v) is 2.18. The molecule has 0 bridgehead atoms. The molecule has 6 heteroatoms. The molecule has 2 rings (SSSR count). The molecule has 2 aromatic rings. The maximum absolute atomic E-state index is 12.0. The first-order valence-corrected chi connectivity index (χ1v) is 6.94. The van der Waals surface area contributed by atoms with E-state index >= 15 is 0 Å². The molecule has 1 aromatic carbocycles. The van der Waals surface area contributed by atoms with Crippen LogP contribution in [0.1, 0.15) is 30.9 Å². The molecule has 6 nitrogen and oxygen atoms in total. The molecule has 0 unspecified atom stereocenters. The van der Waals surface area contributed by atoms with E-state index in [0.29, 0.717) is 11.6 Å². The molecule has 0 saturated heterocycles. The highest BCUT2D eigenvalue weighted by Gasteiger charge is 2.15. The van der Waals surface area contributed by atoms with Crippen LogP contribution in [-0.4, -0.2) is 9.13 Å². The lowest BCUT2D eigenvalue weighted by molar-refractivity contribution is 0.689. The van der Waals surface area contributed by atoms with E-state index in [-0.39, 0.29) is 11.4 Å². The molecule has 22 heavy (non-hydrogen) atoms. The first-order valence-electron chi connectivity index (χ1n) is 6.94. The van der Waals surface area contributed by atoms with Gasteiger partial charge in [0.05, 0.1) is 0 Å². The summed E-state index contributed by atoms with van der Waals surface area (Å²) in [6.45, 7) is 4.20. The van der Waals surface area contributed by atoms with Crippen LogP contribution >= 0.6 is 0 Å². The van der Waals surface area contributed by atoms with Gasteiger partial charge in [-0.05, 0) is 23.6 Å². The lowest BCUT2D eigenvalue weighted by atomic mass is 10.0. The molecule has 0 aliphatic carbocycles. The number of nitriles is 1. The van der Waals surface area contributed by atoms with Gasteiger partial charge in [0, 0.05) is 19.8 Å². The van der Waals surface area contributed by atoms with E-state index in [1.165, 1.54) is 24.2 Å². The molecule has 0 radical (unpaired) electrons. The van der Waals surface area contributed by atoms with Gasteiger partial charge in [-0.25, -0.2) is 4.79 Å². The zero-order valence-electron chi connectivity index (χ0n) is 13.0. The van der Waals surface area contributed by atoms with E-state index < -0.39 is 11.2 Å². The minimum absolute atomic E-state index is 0.0856. The summed E-state index contributed by atoms with van der Waals surface area (Å²) in [5, 5.41) is 12.2. The Bertz CT molecular complexity index is 852. The first-order chi connectivity index (χ1) is 10.4. The minimum atomic E-state index is -0.605. The summed E-state index contributed by atoms with van der Waals surface area (Å²) in [6, 6.07) is 9.53. The number of anilines is 2. The number of nitrogens with zero attached hydrogens (tertiary/aromatic N) is 3. The van der Waals surface area contributed by atoms with Crippen LogP contribution in [0.25, 0.3) is 0 Å². The Hall–Kier alpha value is -2.81. The van der Waals surface area contributed by atoms with Crippen molar-refractivity contribution in [2.45, 2.75) is 19.8 Å². The predicted octanol–water partition coefficient (Wildman–Crippen LogP) is 1.82. The SMILES string of the molecule is CC(C)c1ccc(Nc2c(C#N)c(=O)n(C)c(=O)n2C)cc1. The van der Waals surface area contributed by atoms with Crippen molar-refractivity contribution >= 4 is 11.5 Å². The van der Waals surface area contributed by atoms with Gasteiger partial charge in [0.15, 0.2) is 5.56 Å². The fraction of sp³-hybridized carbons (Fsp3) is 0.312. The molecular formula is C16H18N4O2. The van der Waals surface area contributed by atoms with Crippen LogP contribution in [0, 0.1) is 11.3 Å². The summed E-state index contributed by atoms with van der Waals surface area (Å²) >= 11 is 0. The summed E-state index contributed by atoms with van der Waals surface area (Å²) < 4.78 is 2.18. The molecular weight excluding hydrogens is 280 g/mol. The molecule has 0 atom stereocenters. The maximum atomic E-state index is 12.0. The number of aromatic nitrogens is 2. The Morgan fingerprint density at radius 1 is 1.09 bits per heavy atom. The summed E-state index contributed by atoms with van der Waals surface area (Å²) in [5.74, 6) is 0.616. The van der Waals surface area contributed by atoms with Crippen LogP contribution in [0.2, 0.25) is 0 Å². The molecule has 1 N–H and O–H groups in total. The number of hydrogen-bond acceptors (Lipinski definition) is 4. The molecule has 1 heterocycles. The topological polar surface area (TPSA) is 79.8 Å². The molecule has 1 aromatic heterocycles. The average molecular weight is 298 g/mol. The predicted molar refractivity (Wildman–Crippen MR) is 85.5 cm³/mol. The quantitative estimate of drug-likeness (QED) is 0.937. The van der Waals surface area contributed by atoms with Crippen molar-refractivity contribution in [2.24, 2.45) is 14.1 Å². The molecule has 0 aliphatic heterocycles. The van der Waals surface area contributed by atoms with Crippen molar-refractivity contribution in [2.75, 3.05) is 5.32 Å². The molecule has 0 amide bonds. The lowest BCUT2D eigenvalue weighted by Crippen LogP contribution is -2.39. The number of benzene rings is 1. The Labute approximate surface area is 128 Å². The Balaban J connectivity index is 2.52. The van der Waals surface area contributed by atoms with E-state index in [4.69, 9.17) is 0 Å². The van der Waals surface area contributed by atoms with Gasteiger partial charge in [-0.15, -0.1) is 0 Å². The third-order valence-electron chi connectivity index (χ3n) is 3.62. The molecule has 0 spiro atoms. The second-order valence-corrected chi connectivity index (χ2v) is 5.44. The van der Waals surface area contributed by atoms with E-state index in [0.717, 1.165) is 4.57 Å². The summed E-state index contributed by atoms with van der Waals surface area (Å²) in [5.41, 5.74) is 0.725. The van der Waals surface area contributed by atoms with Crippen LogP contribution in [0.5, 0.6) is 0 Å². The normalized spacial score (nSPS) is 10.5. The van der Waals surface area contributed by atoms with Gasteiger partial charge in [-0.3, -0.25) is 13.9 Å². The summed E-state index contributed by atoms with van der Waals surface area (Å²) in [6.07, 6.45) is 0. The second-order valence-electron chi connectivity index (χ2n) is 5.44. The highest BCUT2D eigenvalue weighted by atomic mass is 16.2. The highest BCUT2D eigenvalue weighted by molar-refractivity contribution is 5.62. The first kappa shape index (κ1) is 15.6. The second kappa shape index (κ2) is 5.90. The zero-order chi connectivity index (χ0) is 16.4. The Morgan fingerprint density at radius 2 is 1.68 bits per heavy atom. The third-order valence-corrected chi connectivity index (χ3v) is 3.62. The Kier molecular flexibility index (Phi) is 4.18. The van der Waals surface area contributed by atoms with Crippen LogP contribution in [0.15, 0.2) is 33.9 Å². The van der Waals surface area contributed by atoms with Crippen LogP contribution in [0.3, 0.4) is 0 Å². The van der Waals surface area contributed by atoms with Gasteiger partial charge in [0.25, 0.3) is 5.56 Å². The largest absolute Gasteiger partial charge is 0.340 e. The monoisotopic (exact) mass is 298 g/mol. The van der Waals surface area contributed by atoms with Crippen molar-refractivity contribution in [3.05, 3.63) is 56.2 Å². The highest BCUT2D eigenvalue weighted by Crippen LogP contribution is 2.20. The molecule has 0 aliphatic rings. The van der Waals surface area contributed by atoms with Gasteiger partial charge in [-0.2, -0.15) is 5.26 Å². The number of hydrogen-bond donors (Lipinski definition) is 1. The van der Waals surface area contributed by atoms with Crippen LogP contribution < -0.4 is 16.6 Å². The van der Waals surface area contributed by atoms with Crippen molar-refractivity contribution in [3.63, 3.8) is 0 Å². The van der Waals surface area contributed by atoms with Gasteiger partial charge >= 0.3 is 5.69 Å². The molecule has 114 valence electrons. The smallest absolute Gasteiger partial charge is 0.332 e. The van der Waals surface area contributed by atoms with Gasteiger partial charge in [0.1, 0.15) is 11.9 Å². The zero-order valence-corrected chi connectivity index (χ0v) is 13.0. The van der Waals surface area contributed by atoms with Crippen LogP contribution in [-0.2, 0) is 14.1 Å². The van der Waals surface area contributed by atoms with Crippen molar-refractivity contribution in [3.8, 4) is 6.07 Å². The van der Waals surface area contributed by atoms with E-state index in [1.807, 2.05) is 30.3 Å². The number of nitrogens with one attached hydrogen (secondary N) is 1. The Morgan fingerprint density at radius 3 is 2.18 bits per heavy atom. The lowest BCUT2D eigenvalue weighted by Gasteiger charge is -2.14. The van der Waals surface area contributed by atoms with E-state index in [1.54, 1.807) is 0 Å². The minimum Gasteiger partial charge on any atom is -0.340 e. The number of rotatable bonds is 3. The standard InChI is InChI=1S/C16H18N4O2/c1-10(2)11-5-7-12(8-6-11)18-14-13(9-17)15(21)20(4)16(22)19(14)3/h5-8,10,18H,1-4H3.